The summed E-state index contributed by atoms with van der Waals surface area (Å²) in [5.41, 5.74) is 1.17. The summed E-state index contributed by atoms with van der Waals surface area (Å²) < 4.78 is 5.56. The van der Waals surface area contributed by atoms with E-state index in [1.54, 1.807) is 41.3 Å². The number of thiophene rings is 1. The first-order chi connectivity index (χ1) is 16.3. The minimum atomic E-state index is -1.25. The Morgan fingerprint density at radius 3 is 2.29 bits per heavy atom. The molecule has 9 nitrogen and oxygen atoms in total. The number of benzene rings is 2. The van der Waals surface area contributed by atoms with Gasteiger partial charge >= 0.3 is 5.97 Å². The number of carboxylic acids is 1. The van der Waals surface area contributed by atoms with E-state index in [1.807, 2.05) is 0 Å². The number of morpholine rings is 1. The van der Waals surface area contributed by atoms with E-state index < -0.39 is 17.8 Å². The van der Waals surface area contributed by atoms with E-state index in [4.69, 9.17) is 16.3 Å². The molecule has 0 saturated carbocycles. The molecular weight excluding hydrogens is 482 g/mol. The summed E-state index contributed by atoms with van der Waals surface area (Å²) in [4.78, 5) is 50.7. The molecule has 3 N–H and O–H groups in total. The van der Waals surface area contributed by atoms with Crippen molar-refractivity contribution in [2.24, 2.45) is 0 Å². The van der Waals surface area contributed by atoms with E-state index >= 15 is 0 Å². The van der Waals surface area contributed by atoms with Crippen molar-refractivity contribution in [1.82, 2.24) is 0 Å². The molecule has 1 aromatic heterocycles. The van der Waals surface area contributed by atoms with Crippen LogP contribution in [-0.2, 0) is 9.53 Å². The smallest absolute Gasteiger partial charge is 0.335 e. The van der Waals surface area contributed by atoms with Crippen LogP contribution in [0.25, 0.3) is 0 Å². The van der Waals surface area contributed by atoms with Crippen molar-refractivity contribution in [2.45, 2.75) is 0 Å². The highest BCUT2D eigenvalue weighted by Crippen LogP contribution is 2.24. The molecule has 1 saturated heterocycles. The van der Waals surface area contributed by atoms with Gasteiger partial charge in [-0.05, 0) is 54.6 Å². The molecule has 0 spiro atoms. The van der Waals surface area contributed by atoms with Gasteiger partial charge in [0, 0.05) is 29.2 Å². The van der Waals surface area contributed by atoms with Crippen LogP contribution in [0, 0.1) is 0 Å². The molecule has 4 rings (SSSR count). The molecule has 174 valence electrons. The summed E-state index contributed by atoms with van der Waals surface area (Å²) in [6, 6.07) is 13.7. The number of carboxylic acid groups (broad SMARTS) is 1. The first-order valence-electron chi connectivity index (χ1n) is 10.0. The summed E-state index contributed by atoms with van der Waals surface area (Å²) in [6.45, 7) is 0.915. The van der Waals surface area contributed by atoms with Crippen molar-refractivity contribution in [3.05, 3.63) is 74.9 Å². The van der Waals surface area contributed by atoms with Crippen molar-refractivity contribution in [1.29, 1.82) is 0 Å². The molecule has 0 aliphatic carbocycles. The number of carbonyl (C=O) groups is 4. The summed E-state index contributed by atoms with van der Waals surface area (Å²) in [5, 5.41) is 14.7. The molecule has 2 heterocycles. The summed E-state index contributed by atoms with van der Waals surface area (Å²) in [5.74, 6) is -2.43. The Hall–Kier alpha value is -3.73. The quantitative estimate of drug-likeness (QED) is 0.471. The van der Waals surface area contributed by atoms with Crippen LogP contribution in [0.2, 0.25) is 4.34 Å². The Morgan fingerprint density at radius 2 is 1.65 bits per heavy atom. The highest BCUT2D eigenvalue weighted by Gasteiger charge is 2.20. The fourth-order valence-corrected chi connectivity index (χ4v) is 4.24. The Bertz CT molecular complexity index is 1270. The SMILES string of the molecule is O=C(O)c1cc(NC(=O)c2ccc(Cl)s2)cc(C(=O)Nc2ccc(N3CCOCC3=O)cc2)c1. The number of carbonyl (C=O) groups excluding carboxylic acids is 3. The Balaban J connectivity index is 1.51. The molecule has 0 atom stereocenters. The minimum Gasteiger partial charge on any atom is -0.478 e. The maximum absolute atomic E-state index is 12.8. The van der Waals surface area contributed by atoms with Crippen LogP contribution < -0.4 is 15.5 Å². The highest BCUT2D eigenvalue weighted by atomic mass is 35.5. The number of nitrogens with one attached hydrogen (secondary N) is 2. The lowest BCUT2D eigenvalue weighted by Crippen LogP contribution is -2.41. The molecule has 0 bridgehead atoms. The first kappa shape index (κ1) is 23.4. The third-order valence-electron chi connectivity index (χ3n) is 4.92. The van der Waals surface area contributed by atoms with Gasteiger partial charge in [-0.3, -0.25) is 14.4 Å². The predicted octanol–water partition coefficient (Wildman–Crippen LogP) is 3.97. The standard InChI is InChI=1S/C23H18ClN3O6S/c24-19-6-5-18(34-19)22(30)26-16-10-13(9-14(11-16)23(31)32)21(29)25-15-1-3-17(4-2-15)27-7-8-33-12-20(27)28/h1-6,9-11H,7-8,12H2,(H,25,29)(H,26,30)(H,31,32). The van der Waals surface area contributed by atoms with Gasteiger partial charge in [-0.15, -0.1) is 11.3 Å². The van der Waals surface area contributed by atoms with E-state index in [0.29, 0.717) is 33.7 Å². The van der Waals surface area contributed by atoms with Crippen molar-refractivity contribution in [3.63, 3.8) is 0 Å². The van der Waals surface area contributed by atoms with Gasteiger partial charge in [0.25, 0.3) is 17.7 Å². The Kier molecular flexibility index (Phi) is 6.92. The number of aromatic carboxylic acids is 1. The second-order valence-corrected chi connectivity index (χ2v) is 8.98. The zero-order chi connectivity index (χ0) is 24.2. The Labute approximate surface area is 202 Å². The van der Waals surface area contributed by atoms with Crippen LogP contribution >= 0.6 is 22.9 Å². The summed E-state index contributed by atoms with van der Waals surface area (Å²) >= 11 is 6.94. The van der Waals surface area contributed by atoms with Gasteiger partial charge in [0.05, 0.1) is 21.4 Å². The van der Waals surface area contributed by atoms with Gasteiger partial charge in [-0.1, -0.05) is 11.6 Å². The molecule has 1 aliphatic rings. The van der Waals surface area contributed by atoms with Gasteiger partial charge in [0.2, 0.25) is 0 Å². The van der Waals surface area contributed by atoms with Crippen molar-refractivity contribution in [3.8, 4) is 0 Å². The normalized spacial score (nSPS) is 13.4. The van der Waals surface area contributed by atoms with Crippen LogP contribution in [-0.4, -0.2) is 48.6 Å². The van der Waals surface area contributed by atoms with Crippen LogP contribution in [0.5, 0.6) is 0 Å². The van der Waals surface area contributed by atoms with Gasteiger partial charge < -0.3 is 25.4 Å². The van der Waals surface area contributed by atoms with E-state index in [1.165, 1.54) is 18.2 Å². The molecule has 1 fully saturated rings. The molecule has 0 radical (unpaired) electrons. The third-order valence-corrected chi connectivity index (χ3v) is 6.15. The zero-order valence-electron chi connectivity index (χ0n) is 17.5. The number of halogens is 1. The predicted molar refractivity (Wildman–Crippen MR) is 128 cm³/mol. The van der Waals surface area contributed by atoms with E-state index in [-0.39, 0.29) is 29.3 Å². The van der Waals surface area contributed by atoms with E-state index in [9.17, 15) is 24.3 Å². The van der Waals surface area contributed by atoms with Gasteiger partial charge in [0.1, 0.15) is 6.61 Å². The Morgan fingerprint density at radius 1 is 0.941 bits per heavy atom. The second kappa shape index (κ2) is 10.0. The third kappa shape index (κ3) is 5.42. The number of anilines is 3. The monoisotopic (exact) mass is 499 g/mol. The number of ether oxygens (including phenoxy) is 1. The molecule has 2 aromatic carbocycles. The fraction of sp³-hybridized carbons (Fsp3) is 0.130. The largest absolute Gasteiger partial charge is 0.478 e. The van der Waals surface area contributed by atoms with E-state index in [2.05, 4.69) is 10.6 Å². The summed E-state index contributed by atoms with van der Waals surface area (Å²) in [6.07, 6.45) is 0. The highest BCUT2D eigenvalue weighted by molar-refractivity contribution is 7.18. The average Bonchev–Trinajstić information content (AvgIpc) is 3.26. The van der Waals surface area contributed by atoms with Gasteiger partial charge in [-0.2, -0.15) is 0 Å². The zero-order valence-corrected chi connectivity index (χ0v) is 19.1. The van der Waals surface area contributed by atoms with E-state index in [0.717, 1.165) is 11.3 Å². The lowest BCUT2D eigenvalue weighted by atomic mass is 10.1. The van der Waals surface area contributed by atoms with Gasteiger partial charge in [0.15, 0.2) is 0 Å². The van der Waals surface area contributed by atoms with Crippen LogP contribution in [0.3, 0.4) is 0 Å². The number of hydrogen-bond donors (Lipinski definition) is 3. The topological polar surface area (TPSA) is 125 Å². The molecule has 0 unspecified atom stereocenters. The van der Waals surface area contributed by atoms with Crippen LogP contribution in [0.1, 0.15) is 30.4 Å². The van der Waals surface area contributed by atoms with Crippen LogP contribution in [0.15, 0.2) is 54.6 Å². The maximum atomic E-state index is 12.8. The molecule has 3 aromatic rings. The molecule has 11 heteroatoms. The lowest BCUT2D eigenvalue weighted by Gasteiger charge is -2.26. The average molecular weight is 500 g/mol. The number of nitrogens with zero attached hydrogens (tertiary/aromatic N) is 1. The molecule has 34 heavy (non-hydrogen) atoms. The van der Waals surface area contributed by atoms with Crippen LogP contribution in [0.4, 0.5) is 17.1 Å². The molecular formula is C23H18ClN3O6S. The van der Waals surface area contributed by atoms with Gasteiger partial charge in [-0.25, -0.2) is 4.79 Å². The van der Waals surface area contributed by atoms with Crippen molar-refractivity contribution >= 4 is 63.7 Å². The second-order valence-electron chi connectivity index (χ2n) is 7.26. The number of rotatable bonds is 6. The minimum absolute atomic E-state index is 0.0246. The summed E-state index contributed by atoms with van der Waals surface area (Å²) in [7, 11) is 0. The first-order valence-corrected chi connectivity index (χ1v) is 11.2. The fourth-order valence-electron chi connectivity index (χ4n) is 3.30. The molecule has 1 aliphatic heterocycles. The lowest BCUT2D eigenvalue weighted by molar-refractivity contribution is -0.125. The molecule has 3 amide bonds. The number of hydrogen-bond acceptors (Lipinski definition) is 6. The maximum Gasteiger partial charge on any atom is 0.335 e. The van der Waals surface area contributed by atoms with Crippen molar-refractivity contribution in [2.75, 3.05) is 35.3 Å². The van der Waals surface area contributed by atoms with Crippen molar-refractivity contribution < 1.29 is 29.0 Å². The number of amides is 3.